The van der Waals surface area contributed by atoms with Crippen LogP contribution in [0.3, 0.4) is 0 Å². The molecule has 0 amide bonds. The largest absolute Gasteiger partial charge is 0.311 e. The first-order valence-corrected chi connectivity index (χ1v) is 6.14. The van der Waals surface area contributed by atoms with Gasteiger partial charge in [0, 0.05) is 6.20 Å². The lowest BCUT2D eigenvalue weighted by Gasteiger charge is -2.18. The summed E-state index contributed by atoms with van der Waals surface area (Å²) < 4.78 is 26.8. The van der Waals surface area contributed by atoms with Crippen molar-refractivity contribution < 1.29 is 8.78 Å². The van der Waals surface area contributed by atoms with Gasteiger partial charge in [0.1, 0.15) is 11.6 Å². The van der Waals surface area contributed by atoms with Crippen LogP contribution in [0.1, 0.15) is 22.9 Å². The van der Waals surface area contributed by atoms with Crippen LogP contribution in [-0.4, -0.2) is 12.0 Å². The van der Waals surface area contributed by atoms with Gasteiger partial charge in [0.15, 0.2) is 0 Å². The average molecular weight is 262 g/mol. The molecule has 1 atom stereocenters. The van der Waals surface area contributed by atoms with Gasteiger partial charge in [-0.25, -0.2) is 8.78 Å². The van der Waals surface area contributed by atoms with Crippen molar-refractivity contribution in [2.45, 2.75) is 19.4 Å². The number of likely N-dealkylation sites (N-methyl/N-ethyl adjacent to an activating group) is 1. The van der Waals surface area contributed by atoms with Crippen molar-refractivity contribution in [3.8, 4) is 0 Å². The van der Waals surface area contributed by atoms with Gasteiger partial charge in [0.25, 0.3) is 0 Å². The third-order valence-corrected chi connectivity index (χ3v) is 3.16. The van der Waals surface area contributed by atoms with Crippen molar-refractivity contribution in [3.05, 3.63) is 65.0 Å². The fraction of sp³-hybridized carbons (Fsp3) is 0.267. The zero-order valence-corrected chi connectivity index (χ0v) is 11.0. The maximum atomic E-state index is 13.7. The molecule has 100 valence electrons. The summed E-state index contributed by atoms with van der Waals surface area (Å²) in [6, 6.07) is 7.18. The number of pyridine rings is 1. The van der Waals surface area contributed by atoms with E-state index in [9.17, 15) is 8.78 Å². The van der Waals surface area contributed by atoms with E-state index in [1.807, 2.05) is 19.1 Å². The number of benzene rings is 1. The molecule has 0 aliphatic heterocycles. The molecule has 1 unspecified atom stereocenters. The predicted molar refractivity (Wildman–Crippen MR) is 70.8 cm³/mol. The second-order valence-electron chi connectivity index (χ2n) is 4.49. The Morgan fingerprint density at radius 3 is 2.74 bits per heavy atom. The summed E-state index contributed by atoms with van der Waals surface area (Å²) in [5.74, 6) is -0.820. The molecule has 0 aliphatic carbocycles. The molecule has 0 radical (unpaired) electrons. The van der Waals surface area contributed by atoms with E-state index in [4.69, 9.17) is 0 Å². The first-order chi connectivity index (χ1) is 9.11. The van der Waals surface area contributed by atoms with Crippen LogP contribution in [0.25, 0.3) is 0 Å². The van der Waals surface area contributed by atoms with Crippen LogP contribution in [0.15, 0.2) is 36.5 Å². The molecule has 2 nitrogen and oxygen atoms in total. The molecule has 1 aromatic heterocycles. The van der Waals surface area contributed by atoms with E-state index in [1.165, 1.54) is 6.07 Å². The Bertz CT molecular complexity index is 570. The minimum atomic E-state index is -0.427. The van der Waals surface area contributed by atoms with Gasteiger partial charge in [-0.05, 0) is 55.8 Å². The quantitative estimate of drug-likeness (QED) is 0.915. The maximum absolute atomic E-state index is 13.7. The van der Waals surface area contributed by atoms with Gasteiger partial charge >= 0.3 is 0 Å². The van der Waals surface area contributed by atoms with E-state index >= 15 is 0 Å². The molecule has 1 N–H and O–H groups in total. The highest BCUT2D eigenvalue weighted by Crippen LogP contribution is 2.21. The van der Waals surface area contributed by atoms with E-state index in [0.29, 0.717) is 12.0 Å². The zero-order chi connectivity index (χ0) is 13.8. The number of rotatable bonds is 4. The van der Waals surface area contributed by atoms with Crippen LogP contribution < -0.4 is 5.32 Å². The van der Waals surface area contributed by atoms with Crippen LogP contribution in [0.2, 0.25) is 0 Å². The lowest BCUT2D eigenvalue weighted by atomic mass is 9.99. The number of aromatic nitrogens is 1. The fourth-order valence-corrected chi connectivity index (χ4v) is 2.12. The van der Waals surface area contributed by atoms with Gasteiger partial charge in [0.05, 0.1) is 11.7 Å². The van der Waals surface area contributed by atoms with Gasteiger partial charge in [-0.1, -0.05) is 6.07 Å². The molecule has 1 heterocycles. The van der Waals surface area contributed by atoms with Crippen molar-refractivity contribution in [2.75, 3.05) is 7.05 Å². The van der Waals surface area contributed by atoms with E-state index in [0.717, 1.165) is 23.4 Å². The molecule has 0 saturated heterocycles. The highest BCUT2D eigenvalue weighted by atomic mass is 19.1. The highest BCUT2D eigenvalue weighted by molar-refractivity contribution is 5.26. The number of hydrogen-bond acceptors (Lipinski definition) is 2. The Labute approximate surface area is 111 Å². The van der Waals surface area contributed by atoms with E-state index in [-0.39, 0.29) is 6.04 Å². The Morgan fingerprint density at radius 1 is 1.26 bits per heavy atom. The van der Waals surface area contributed by atoms with Crippen LogP contribution in [0.4, 0.5) is 8.78 Å². The summed E-state index contributed by atoms with van der Waals surface area (Å²) in [7, 11) is 1.79. The van der Waals surface area contributed by atoms with Crippen LogP contribution >= 0.6 is 0 Å². The lowest BCUT2D eigenvalue weighted by Crippen LogP contribution is -2.21. The van der Waals surface area contributed by atoms with Crippen molar-refractivity contribution in [1.82, 2.24) is 10.3 Å². The molecule has 0 fully saturated rings. The fourth-order valence-electron chi connectivity index (χ4n) is 2.12. The maximum Gasteiger partial charge on any atom is 0.126 e. The Morgan fingerprint density at radius 2 is 2.05 bits per heavy atom. The van der Waals surface area contributed by atoms with E-state index in [1.54, 1.807) is 13.2 Å². The SMILES string of the molecule is CNC(Cc1cc(F)ccc1F)c1ncccc1C. The number of hydrogen-bond donors (Lipinski definition) is 1. The predicted octanol–water partition coefficient (Wildman–Crippen LogP) is 3.17. The summed E-state index contributed by atoms with van der Waals surface area (Å²) >= 11 is 0. The molecule has 0 bridgehead atoms. The van der Waals surface area contributed by atoms with Crippen molar-refractivity contribution >= 4 is 0 Å². The highest BCUT2D eigenvalue weighted by Gasteiger charge is 2.16. The summed E-state index contributed by atoms with van der Waals surface area (Å²) in [4.78, 5) is 4.32. The number of nitrogens with zero attached hydrogens (tertiary/aromatic N) is 1. The number of nitrogens with one attached hydrogen (secondary N) is 1. The van der Waals surface area contributed by atoms with Gasteiger partial charge < -0.3 is 5.32 Å². The molecular formula is C15H16F2N2. The van der Waals surface area contributed by atoms with Crippen molar-refractivity contribution in [3.63, 3.8) is 0 Å². The summed E-state index contributed by atoms with van der Waals surface area (Å²) in [6.07, 6.45) is 2.06. The Hall–Kier alpha value is -1.81. The average Bonchev–Trinajstić information content (AvgIpc) is 2.41. The van der Waals surface area contributed by atoms with Gasteiger partial charge in [-0.3, -0.25) is 4.98 Å². The monoisotopic (exact) mass is 262 g/mol. The zero-order valence-electron chi connectivity index (χ0n) is 11.0. The normalized spacial score (nSPS) is 12.4. The van der Waals surface area contributed by atoms with Crippen molar-refractivity contribution in [1.29, 1.82) is 0 Å². The molecule has 19 heavy (non-hydrogen) atoms. The minimum Gasteiger partial charge on any atom is -0.311 e. The molecule has 2 aromatic rings. The smallest absolute Gasteiger partial charge is 0.126 e. The topological polar surface area (TPSA) is 24.9 Å². The third-order valence-electron chi connectivity index (χ3n) is 3.16. The molecule has 2 rings (SSSR count). The van der Waals surface area contributed by atoms with Crippen LogP contribution in [0.5, 0.6) is 0 Å². The minimum absolute atomic E-state index is 0.141. The third kappa shape index (κ3) is 3.15. The summed E-state index contributed by atoms with van der Waals surface area (Å²) in [6.45, 7) is 1.95. The van der Waals surface area contributed by atoms with E-state index in [2.05, 4.69) is 10.3 Å². The van der Waals surface area contributed by atoms with E-state index < -0.39 is 11.6 Å². The summed E-state index contributed by atoms with van der Waals surface area (Å²) in [5.41, 5.74) is 2.23. The second kappa shape index (κ2) is 5.89. The van der Waals surface area contributed by atoms with Crippen molar-refractivity contribution in [2.24, 2.45) is 0 Å². The molecule has 0 aliphatic rings. The molecular weight excluding hydrogens is 246 g/mol. The molecule has 0 saturated carbocycles. The Balaban J connectivity index is 2.29. The number of halogens is 2. The number of aryl methyl sites for hydroxylation is 1. The second-order valence-corrected chi connectivity index (χ2v) is 4.49. The van der Waals surface area contributed by atoms with Gasteiger partial charge in [-0.15, -0.1) is 0 Å². The van der Waals surface area contributed by atoms with Crippen LogP contribution in [-0.2, 0) is 6.42 Å². The first kappa shape index (κ1) is 13.6. The Kier molecular flexibility index (Phi) is 4.22. The van der Waals surface area contributed by atoms with Gasteiger partial charge in [-0.2, -0.15) is 0 Å². The molecule has 1 aromatic carbocycles. The molecule has 4 heteroatoms. The first-order valence-electron chi connectivity index (χ1n) is 6.14. The lowest BCUT2D eigenvalue weighted by molar-refractivity contribution is 0.534. The molecule has 0 spiro atoms. The van der Waals surface area contributed by atoms with Gasteiger partial charge in [0.2, 0.25) is 0 Å². The van der Waals surface area contributed by atoms with Crippen LogP contribution in [0, 0.1) is 18.6 Å². The standard InChI is InChI=1S/C15H16F2N2/c1-10-4-3-7-19-15(10)14(18-2)9-11-8-12(16)5-6-13(11)17/h3-8,14,18H,9H2,1-2H3. The summed E-state index contributed by atoms with van der Waals surface area (Å²) in [5, 5.41) is 3.10.